The van der Waals surface area contributed by atoms with Crippen LogP contribution in [0.1, 0.15) is 10.4 Å². The molecule has 0 aliphatic carbocycles. The molecule has 0 radical (unpaired) electrons. The van der Waals surface area contributed by atoms with Crippen LogP contribution < -0.4 is 5.32 Å². The zero-order chi connectivity index (χ0) is 15.4. The number of anilines is 1. The molecule has 2 aromatic rings. The third kappa shape index (κ3) is 4.79. The van der Waals surface area contributed by atoms with E-state index in [2.05, 4.69) is 37.2 Å². The molecule has 1 amide bonds. The van der Waals surface area contributed by atoms with Gasteiger partial charge in [0.25, 0.3) is 11.7 Å². The third-order valence-electron chi connectivity index (χ3n) is 2.51. The number of hydrogen-bond acceptors (Lipinski definition) is 2. The first-order valence-electron chi connectivity index (χ1n) is 5.77. The maximum absolute atomic E-state index is 12.2. The van der Waals surface area contributed by atoms with Crippen LogP contribution in [0.4, 0.5) is 14.5 Å². The molecule has 2 nitrogen and oxygen atoms in total. The Balaban J connectivity index is 2.10. The van der Waals surface area contributed by atoms with Gasteiger partial charge in [0.15, 0.2) is 0 Å². The van der Waals surface area contributed by atoms with Gasteiger partial charge in [0.2, 0.25) is 0 Å². The quantitative estimate of drug-likeness (QED) is 0.615. The largest absolute Gasteiger partial charge is 0.322 e. The molecule has 0 fully saturated rings. The molecule has 0 bridgehead atoms. The van der Waals surface area contributed by atoms with Crippen LogP contribution in [0.5, 0.6) is 0 Å². The molecule has 0 atom stereocenters. The van der Waals surface area contributed by atoms with Crippen molar-refractivity contribution in [2.75, 3.05) is 5.32 Å². The van der Waals surface area contributed by atoms with E-state index in [1.54, 1.807) is 36.4 Å². The standard InChI is InChI=1S/C14H9Br2F2NOS/c15-8-1-6-12(16)11(7-8)13(20)19-9-2-4-10(5-3-9)21-14(17)18/h1-7,14H,(H,19,20). The zero-order valence-corrected chi connectivity index (χ0v) is 14.4. The summed E-state index contributed by atoms with van der Waals surface area (Å²) < 4.78 is 25.9. The number of nitrogens with one attached hydrogen (secondary N) is 1. The second kappa shape index (κ2) is 7.38. The molecule has 0 saturated heterocycles. The van der Waals surface area contributed by atoms with Crippen molar-refractivity contribution >= 4 is 55.2 Å². The van der Waals surface area contributed by atoms with Crippen molar-refractivity contribution in [2.45, 2.75) is 10.7 Å². The minimum atomic E-state index is -2.46. The van der Waals surface area contributed by atoms with E-state index in [1.807, 2.05) is 6.07 Å². The number of thioether (sulfide) groups is 1. The molecule has 2 aromatic carbocycles. The Hall–Kier alpha value is -0.920. The summed E-state index contributed by atoms with van der Waals surface area (Å²) in [7, 11) is 0. The highest BCUT2D eigenvalue weighted by Crippen LogP contribution is 2.27. The first-order chi connectivity index (χ1) is 9.95. The van der Waals surface area contributed by atoms with Crippen LogP contribution in [0.15, 0.2) is 56.3 Å². The summed E-state index contributed by atoms with van der Waals surface area (Å²) in [4.78, 5) is 12.6. The fourth-order valence-corrected chi connectivity index (χ4v) is 2.88. The molecule has 2 rings (SSSR count). The van der Waals surface area contributed by atoms with Crippen molar-refractivity contribution in [3.8, 4) is 0 Å². The van der Waals surface area contributed by atoms with Crippen LogP contribution in [-0.2, 0) is 0 Å². The Kier molecular flexibility index (Phi) is 5.78. The molecular weight excluding hydrogens is 428 g/mol. The van der Waals surface area contributed by atoms with Gasteiger partial charge in [-0.1, -0.05) is 27.7 Å². The Morgan fingerprint density at radius 2 is 1.76 bits per heavy atom. The second-order valence-corrected chi connectivity index (χ2v) is 6.81. The molecule has 0 aliphatic heterocycles. The zero-order valence-electron chi connectivity index (χ0n) is 10.4. The summed E-state index contributed by atoms with van der Waals surface area (Å²) in [6, 6.07) is 11.5. The average Bonchev–Trinajstić information content (AvgIpc) is 2.43. The van der Waals surface area contributed by atoms with Crippen LogP contribution in [-0.4, -0.2) is 11.7 Å². The normalized spacial score (nSPS) is 10.7. The molecule has 1 N–H and O–H groups in total. The molecule has 0 unspecified atom stereocenters. The highest BCUT2D eigenvalue weighted by atomic mass is 79.9. The molecule has 0 heterocycles. The van der Waals surface area contributed by atoms with Gasteiger partial charge >= 0.3 is 0 Å². The van der Waals surface area contributed by atoms with Gasteiger partial charge in [-0.25, -0.2) is 0 Å². The topological polar surface area (TPSA) is 29.1 Å². The van der Waals surface area contributed by atoms with Crippen LogP contribution >= 0.6 is 43.6 Å². The minimum Gasteiger partial charge on any atom is -0.322 e. The van der Waals surface area contributed by atoms with Crippen molar-refractivity contribution in [1.29, 1.82) is 0 Å². The Morgan fingerprint density at radius 3 is 2.38 bits per heavy atom. The number of hydrogen-bond donors (Lipinski definition) is 1. The predicted octanol–water partition coefficient (Wildman–Crippen LogP) is 5.78. The van der Waals surface area contributed by atoms with Crippen molar-refractivity contribution in [3.63, 3.8) is 0 Å². The molecular formula is C14H9Br2F2NOS. The lowest BCUT2D eigenvalue weighted by Gasteiger charge is -2.08. The number of benzene rings is 2. The Labute approximate surface area is 141 Å². The first-order valence-corrected chi connectivity index (χ1v) is 8.23. The Morgan fingerprint density at radius 1 is 1.10 bits per heavy atom. The minimum absolute atomic E-state index is 0.280. The van der Waals surface area contributed by atoms with E-state index in [9.17, 15) is 13.6 Å². The molecule has 21 heavy (non-hydrogen) atoms. The maximum Gasteiger partial charge on any atom is 0.288 e. The van der Waals surface area contributed by atoms with Crippen LogP contribution in [0.3, 0.4) is 0 Å². The predicted molar refractivity (Wildman–Crippen MR) is 88.1 cm³/mol. The summed E-state index contributed by atoms with van der Waals surface area (Å²) >= 11 is 7.09. The smallest absolute Gasteiger partial charge is 0.288 e. The average molecular weight is 437 g/mol. The fraction of sp³-hybridized carbons (Fsp3) is 0.0714. The lowest BCUT2D eigenvalue weighted by molar-refractivity contribution is 0.102. The van der Waals surface area contributed by atoms with Crippen molar-refractivity contribution in [1.82, 2.24) is 0 Å². The van der Waals surface area contributed by atoms with Gasteiger partial charge in [0, 0.05) is 19.5 Å². The van der Waals surface area contributed by atoms with E-state index in [-0.39, 0.29) is 5.91 Å². The maximum atomic E-state index is 12.2. The summed E-state index contributed by atoms with van der Waals surface area (Å²) in [6.07, 6.45) is 0. The number of alkyl halides is 2. The van der Waals surface area contributed by atoms with E-state index in [0.29, 0.717) is 32.4 Å². The molecule has 0 spiro atoms. The highest BCUT2D eigenvalue weighted by molar-refractivity contribution is 9.11. The van der Waals surface area contributed by atoms with Crippen LogP contribution in [0, 0.1) is 0 Å². The van der Waals surface area contributed by atoms with Gasteiger partial charge in [0.05, 0.1) is 5.56 Å². The van der Waals surface area contributed by atoms with E-state index in [1.165, 1.54) is 0 Å². The van der Waals surface area contributed by atoms with Gasteiger partial charge < -0.3 is 5.32 Å². The number of rotatable bonds is 4. The molecule has 110 valence electrons. The third-order valence-corrected chi connectivity index (χ3v) is 4.42. The number of carbonyl (C=O) groups is 1. The lowest BCUT2D eigenvalue weighted by atomic mass is 10.2. The monoisotopic (exact) mass is 435 g/mol. The van der Waals surface area contributed by atoms with E-state index >= 15 is 0 Å². The van der Waals surface area contributed by atoms with Gasteiger partial charge in [-0.15, -0.1) is 0 Å². The Bertz CT molecular complexity index is 650. The fourth-order valence-electron chi connectivity index (χ4n) is 1.59. The molecule has 0 aromatic heterocycles. The highest BCUT2D eigenvalue weighted by Gasteiger charge is 2.11. The molecule has 0 aliphatic rings. The van der Waals surface area contributed by atoms with Crippen LogP contribution in [0.25, 0.3) is 0 Å². The van der Waals surface area contributed by atoms with E-state index < -0.39 is 5.76 Å². The lowest BCUT2D eigenvalue weighted by Crippen LogP contribution is -2.12. The summed E-state index contributed by atoms with van der Waals surface area (Å²) in [5.41, 5.74) is 1.03. The first kappa shape index (κ1) is 16.5. The van der Waals surface area contributed by atoms with E-state index in [0.717, 1.165) is 4.47 Å². The van der Waals surface area contributed by atoms with Gasteiger partial charge in [-0.05, 0) is 58.4 Å². The van der Waals surface area contributed by atoms with Gasteiger partial charge in [-0.3, -0.25) is 4.79 Å². The molecule has 0 saturated carbocycles. The number of amides is 1. The van der Waals surface area contributed by atoms with Gasteiger partial charge in [-0.2, -0.15) is 8.78 Å². The summed E-state index contributed by atoms with van der Waals surface area (Å²) in [5.74, 6) is -2.74. The van der Waals surface area contributed by atoms with Crippen molar-refractivity contribution in [2.24, 2.45) is 0 Å². The second-order valence-electron chi connectivity index (χ2n) is 3.98. The molecule has 7 heteroatoms. The summed E-state index contributed by atoms with van der Waals surface area (Å²) in [5, 5.41) is 2.72. The van der Waals surface area contributed by atoms with Crippen molar-refractivity contribution in [3.05, 3.63) is 57.0 Å². The number of carbonyl (C=O) groups excluding carboxylic acids is 1. The number of halogens is 4. The van der Waals surface area contributed by atoms with Crippen LogP contribution in [0.2, 0.25) is 0 Å². The van der Waals surface area contributed by atoms with Gasteiger partial charge in [0.1, 0.15) is 0 Å². The summed E-state index contributed by atoms with van der Waals surface area (Å²) in [6.45, 7) is 0. The van der Waals surface area contributed by atoms with Crippen molar-refractivity contribution < 1.29 is 13.6 Å². The van der Waals surface area contributed by atoms with E-state index in [4.69, 9.17) is 0 Å². The SMILES string of the molecule is O=C(Nc1ccc(SC(F)F)cc1)c1cc(Br)ccc1Br.